The monoisotopic (exact) mass is 443 g/mol. The van der Waals surface area contributed by atoms with Gasteiger partial charge < -0.3 is 4.90 Å². The maximum Gasteiger partial charge on any atom is 0.265 e. The molecule has 0 aliphatic carbocycles. The molecule has 0 radical (unpaired) electrons. The van der Waals surface area contributed by atoms with Crippen molar-refractivity contribution < 1.29 is 4.79 Å². The molecule has 0 bridgehead atoms. The SMILES string of the molecule is CC1CCN(C(=O)CC2CSc3nc4c(cnn4-c4cccc(Cl)c4)c(=O)n32)CC1. The van der Waals surface area contributed by atoms with Gasteiger partial charge in [0.15, 0.2) is 10.8 Å². The molecule has 2 aliphatic rings. The number of hydrogen-bond donors (Lipinski definition) is 0. The first-order chi connectivity index (χ1) is 14.5. The summed E-state index contributed by atoms with van der Waals surface area (Å²) in [7, 11) is 0. The van der Waals surface area contributed by atoms with Gasteiger partial charge in [-0.2, -0.15) is 5.10 Å². The molecule has 0 N–H and O–H groups in total. The molecule has 7 nitrogen and oxygen atoms in total. The third-order valence-corrected chi connectivity index (χ3v) is 7.30. The molecule has 1 fully saturated rings. The zero-order valence-electron chi connectivity index (χ0n) is 16.6. The number of benzene rings is 1. The van der Waals surface area contributed by atoms with E-state index in [1.807, 2.05) is 17.0 Å². The second-order valence-electron chi connectivity index (χ2n) is 8.08. The molecule has 3 aromatic rings. The first-order valence-corrected chi connectivity index (χ1v) is 11.5. The van der Waals surface area contributed by atoms with Crippen LogP contribution >= 0.6 is 23.4 Å². The summed E-state index contributed by atoms with van der Waals surface area (Å²) in [4.78, 5) is 32.7. The van der Waals surface area contributed by atoms with Crippen LogP contribution in [-0.2, 0) is 4.79 Å². The molecule has 156 valence electrons. The van der Waals surface area contributed by atoms with E-state index in [9.17, 15) is 9.59 Å². The molecule has 4 heterocycles. The summed E-state index contributed by atoms with van der Waals surface area (Å²) in [5, 5.41) is 6.05. The maximum atomic E-state index is 13.2. The normalized spacial score (nSPS) is 19.4. The van der Waals surface area contributed by atoms with Crippen molar-refractivity contribution in [3.63, 3.8) is 0 Å². The van der Waals surface area contributed by atoms with Crippen LogP contribution in [0.2, 0.25) is 5.02 Å². The fraction of sp³-hybridized carbons (Fsp3) is 0.429. The van der Waals surface area contributed by atoms with Crippen LogP contribution in [-0.4, -0.2) is 49.0 Å². The van der Waals surface area contributed by atoms with Gasteiger partial charge in [-0.1, -0.05) is 36.4 Å². The molecule has 2 aliphatic heterocycles. The summed E-state index contributed by atoms with van der Waals surface area (Å²) in [6, 6.07) is 7.12. The van der Waals surface area contributed by atoms with Crippen LogP contribution < -0.4 is 5.56 Å². The Morgan fingerprint density at radius 2 is 2.10 bits per heavy atom. The highest BCUT2D eigenvalue weighted by Gasteiger charge is 2.31. The van der Waals surface area contributed by atoms with Gasteiger partial charge in [-0.3, -0.25) is 14.2 Å². The zero-order chi connectivity index (χ0) is 20.8. The molecular formula is C21H22ClN5O2S. The molecule has 1 saturated heterocycles. The van der Waals surface area contributed by atoms with E-state index in [1.54, 1.807) is 27.6 Å². The summed E-state index contributed by atoms with van der Waals surface area (Å²) in [6.07, 6.45) is 3.98. The van der Waals surface area contributed by atoms with E-state index in [2.05, 4.69) is 12.0 Å². The molecule has 1 atom stereocenters. The topological polar surface area (TPSA) is 73.0 Å². The van der Waals surface area contributed by atoms with Crippen LogP contribution in [0, 0.1) is 5.92 Å². The van der Waals surface area contributed by atoms with E-state index in [-0.39, 0.29) is 17.5 Å². The van der Waals surface area contributed by atoms with Crippen molar-refractivity contribution in [1.29, 1.82) is 0 Å². The standard InChI is InChI=1S/C21H22ClN5O2S/c1-13-5-7-25(8-6-13)18(28)10-16-12-30-21-24-19-17(20(29)26(16)21)11-23-27(19)15-4-2-3-14(22)9-15/h2-4,9,11,13,16H,5-8,10,12H2,1H3. The van der Waals surface area contributed by atoms with Crippen molar-refractivity contribution in [3.8, 4) is 5.69 Å². The number of thioether (sulfide) groups is 1. The van der Waals surface area contributed by atoms with Gasteiger partial charge in [0.2, 0.25) is 5.91 Å². The molecular weight excluding hydrogens is 422 g/mol. The van der Waals surface area contributed by atoms with Gasteiger partial charge in [-0.15, -0.1) is 0 Å². The number of halogens is 1. The maximum absolute atomic E-state index is 13.2. The van der Waals surface area contributed by atoms with Crippen LogP contribution in [0.3, 0.4) is 0 Å². The van der Waals surface area contributed by atoms with Crippen molar-refractivity contribution in [2.75, 3.05) is 18.8 Å². The van der Waals surface area contributed by atoms with Crippen LogP contribution in [0.1, 0.15) is 32.2 Å². The van der Waals surface area contributed by atoms with E-state index >= 15 is 0 Å². The number of fused-ring (bicyclic) bond motifs is 2. The minimum atomic E-state index is -0.171. The fourth-order valence-electron chi connectivity index (χ4n) is 4.17. The number of carbonyl (C=O) groups excluding carboxylic acids is 1. The quantitative estimate of drug-likeness (QED) is 0.579. The van der Waals surface area contributed by atoms with Gasteiger partial charge in [-0.25, -0.2) is 9.67 Å². The lowest BCUT2D eigenvalue weighted by Gasteiger charge is -2.31. The van der Waals surface area contributed by atoms with E-state index in [0.717, 1.165) is 31.6 Å². The zero-order valence-corrected chi connectivity index (χ0v) is 18.2. The highest BCUT2D eigenvalue weighted by atomic mass is 35.5. The van der Waals surface area contributed by atoms with Gasteiger partial charge in [0, 0.05) is 30.3 Å². The third kappa shape index (κ3) is 3.41. The molecule has 0 saturated carbocycles. The number of nitrogens with zero attached hydrogens (tertiary/aromatic N) is 5. The van der Waals surface area contributed by atoms with Crippen LogP contribution in [0.5, 0.6) is 0 Å². The minimum Gasteiger partial charge on any atom is -0.343 e. The number of hydrogen-bond acceptors (Lipinski definition) is 5. The number of amides is 1. The lowest BCUT2D eigenvalue weighted by molar-refractivity contribution is -0.133. The van der Waals surface area contributed by atoms with Gasteiger partial charge in [0.05, 0.1) is 17.9 Å². The van der Waals surface area contributed by atoms with Crippen molar-refractivity contribution in [3.05, 3.63) is 45.8 Å². The van der Waals surface area contributed by atoms with Crippen molar-refractivity contribution in [2.24, 2.45) is 5.92 Å². The Bertz CT molecular complexity index is 1180. The minimum absolute atomic E-state index is 0.127. The Hall–Kier alpha value is -2.32. The Balaban J connectivity index is 1.46. The summed E-state index contributed by atoms with van der Waals surface area (Å²) >= 11 is 7.63. The van der Waals surface area contributed by atoms with Gasteiger partial charge in [0.1, 0.15) is 5.39 Å². The van der Waals surface area contributed by atoms with Crippen LogP contribution in [0.15, 0.2) is 40.4 Å². The Morgan fingerprint density at radius 1 is 1.30 bits per heavy atom. The number of carbonyl (C=O) groups is 1. The molecule has 5 rings (SSSR count). The number of likely N-dealkylation sites (tertiary alicyclic amines) is 1. The molecule has 9 heteroatoms. The molecule has 1 amide bonds. The lowest BCUT2D eigenvalue weighted by atomic mass is 9.99. The molecule has 1 aromatic carbocycles. The van der Waals surface area contributed by atoms with E-state index in [0.29, 0.717) is 39.3 Å². The Labute approximate surface area is 183 Å². The fourth-order valence-corrected chi connectivity index (χ4v) is 5.48. The summed E-state index contributed by atoms with van der Waals surface area (Å²) in [5.74, 6) is 1.48. The van der Waals surface area contributed by atoms with Crippen molar-refractivity contribution in [1.82, 2.24) is 24.2 Å². The van der Waals surface area contributed by atoms with Crippen molar-refractivity contribution in [2.45, 2.75) is 37.4 Å². The lowest BCUT2D eigenvalue weighted by Crippen LogP contribution is -2.39. The molecule has 0 spiro atoms. The summed E-state index contributed by atoms with van der Waals surface area (Å²) in [5.41, 5.74) is 1.12. The Kier molecular flexibility index (Phi) is 5.06. The van der Waals surface area contributed by atoms with Gasteiger partial charge in [0.25, 0.3) is 5.56 Å². The average Bonchev–Trinajstić information content (AvgIpc) is 3.33. The van der Waals surface area contributed by atoms with Crippen LogP contribution in [0.25, 0.3) is 16.7 Å². The first-order valence-electron chi connectivity index (χ1n) is 10.2. The highest BCUT2D eigenvalue weighted by Crippen LogP contribution is 2.34. The molecule has 1 unspecified atom stereocenters. The number of rotatable bonds is 3. The van der Waals surface area contributed by atoms with Gasteiger partial charge in [-0.05, 0) is 37.0 Å². The average molecular weight is 444 g/mol. The largest absolute Gasteiger partial charge is 0.343 e. The van der Waals surface area contributed by atoms with Crippen molar-refractivity contribution >= 4 is 40.3 Å². The summed E-state index contributed by atoms with van der Waals surface area (Å²) in [6.45, 7) is 3.85. The predicted molar refractivity (Wildman–Crippen MR) is 117 cm³/mol. The van der Waals surface area contributed by atoms with Gasteiger partial charge >= 0.3 is 0 Å². The highest BCUT2D eigenvalue weighted by molar-refractivity contribution is 7.99. The molecule has 2 aromatic heterocycles. The Morgan fingerprint density at radius 3 is 2.87 bits per heavy atom. The van der Waals surface area contributed by atoms with E-state index < -0.39 is 0 Å². The third-order valence-electron chi connectivity index (χ3n) is 5.97. The second kappa shape index (κ2) is 7.74. The number of aromatic nitrogens is 4. The first kappa shape index (κ1) is 19.6. The number of piperidine rings is 1. The van der Waals surface area contributed by atoms with E-state index in [4.69, 9.17) is 16.6 Å². The second-order valence-corrected chi connectivity index (χ2v) is 9.50. The predicted octanol–water partition coefficient (Wildman–Crippen LogP) is 3.53. The summed E-state index contributed by atoms with van der Waals surface area (Å²) < 4.78 is 3.32. The van der Waals surface area contributed by atoms with E-state index in [1.165, 1.54) is 11.8 Å². The van der Waals surface area contributed by atoms with Crippen LogP contribution in [0.4, 0.5) is 0 Å². The smallest absolute Gasteiger partial charge is 0.265 e. The molecule has 30 heavy (non-hydrogen) atoms.